The molecular formula is C20H15F2N3O3S. The first kappa shape index (κ1) is 19.0. The molecule has 0 aliphatic carbocycles. The lowest BCUT2D eigenvalue weighted by Crippen LogP contribution is -2.11. The van der Waals surface area contributed by atoms with E-state index in [0.29, 0.717) is 11.3 Å². The molecule has 4 rings (SSSR count). The first-order valence-electron chi connectivity index (χ1n) is 8.49. The Morgan fingerprint density at radius 2 is 1.59 bits per heavy atom. The van der Waals surface area contributed by atoms with Crippen LogP contribution in [0.2, 0.25) is 0 Å². The zero-order chi connectivity index (χ0) is 20.6. The molecule has 0 bridgehead atoms. The number of nitrogens with two attached hydrogens (primary N) is 1. The Morgan fingerprint density at radius 1 is 0.931 bits per heavy atom. The third-order valence-electron chi connectivity index (χ3n) is 4.36. The summed E-state index contributed by atoms with van der Waals surface area (Å²) in [6.07, 6.45) is 1.79. The van der Waals surface area contributed by atoms with E-state index in [2.05, 4.69) is 9.84 Å². The van der Waals surface area contributed by atoms with Crippen LogP contribution in [-0.2, 0) is 10.0 Å². The number of aromatic nitrogens is 2. The van der Waals surface area contributed by atoms with Gasteiger partial charge in [0.1, 0.15) is 11.4 Å². The monoisotopic (exact) mass is 415 g/mol. The third kappa shape index (κ3) is 3.82. The number of fused-ring (bicyclic) bond motifs is 1. The second kappa shape index (κ2) is 7.26. The molecule has 0 unspecified atom stereocenters. The van der Waals surface area contributed by atoms with Gasteiger partial charge in [-0.3, -0.25) is 0 Å². The van der Waals surface area contributed by atoms with Crippen molar-refractivity contribution in [1.82, 2.24) is 9.61 Å². The second-order valence-electron chi connectivity index (χ2n) is 6.23. The lowest BCUT2D eigenvalue weighted by Gasteiger charge is -2.07. The molecule has 0 saturated heterocycles. The van der Waals surface area contributed by atoms with Gasteiger partial charge in [-0.25, -0.2) is 18.1 Å². The van der Waals surface area contributed by atoms with Crippen LogP contribution in [0.5, 0.6) is 5.75 Å². The molecule has 0 radical (unpaired) electrons. The summed E-state index contributed by atoms with van der Waals surface area (Å²) < 4.78 is 54.0. The smallest absolute Gasteiger partial charge is 0.387 e. The number of halogens is 2. The predicted molar refractivity (Wildman–Crippen MR) is 104 cm³/mol. The van der Waals surface area contributed by atoms with Crippen molar-refractivity contribution in [2.24, 2.45) is 5.14 Å². The van der Waals surface area contributed by atoms with Crippen molar-refractivity contribution >= 4 is 15.5 Å². The molecule has 9 heteroatoms. The summed E-state index contributed by atoms with van der Waals surface area (Å²) in [5.74, 6) is 0.0477. The Morgan fingerprint density at radius 3 is 2.21 bits per heavy atom. The number of primary sulfonamides is 1. The van der Waals surface area contributed by atoms with Crippen LogP contribution >= 0.6 is 0 Å². The highest BCUT2D eigenvalue weighted by Gasteiger charge is 2.17. The summed E-state index contributed by atoms with van der Waals surface area (Å²) >= 11 is 0. The van der Waals surface area contributed by atoms with E-state index in [0.717, 1.165) is 16.6 Å². The van der Waals surface area contributed by atoms with Crippen molar-refractivity contribution in [2.75, 3.05) is 0 Å². The molecule has 0 saturated carbocycles. The minimum atomic E-state index is -3.80. The van der Waals surface area contributed by atoms with Gasteiger partial charge in [0, 0.05) is 17.3 Å². The Labute approximate surface area is 165 Å². The van der Waals surface area contributed by atoms with Crippen LogP contribution in [0.15, 0.2) is 77.8 Å². The predicted octanol–water partition coefficient (Wildman–Crippen LogP) is 3.92. The van der Waals surface area contributed by atoms with Crippen molar-refractivity contribution in [1.29, 1.82) is 0 Å². The van der Waals surface area contributed by atoms with Crippen LogP contribution in [0.25, 0.3) is 27.9 Å². The minimum Gasteiger partial charge on any atom is -0.435 e. The van der Waals surface area contributed by atoms with E-state index >= 15 is 0 Å². The van der Waals surface area contributed by atoms with Gasteiger partial charge in [0.05, 0.1) is 10.4 Å². The zero-order valence-corrected chi connectivity index (χ0v) is 15.7. The summed E-state index contributed by atoms with van der Waals surface area (Å²) in [5.41, 5.74) is 3.62. The van der Waals surface area contributed by atoms with Crippen molar-refractivity contribution in [3.8, 4) is 28.1 Å². The summed E-state index contributed by atoms with van der Waals surface area (Å²) in [6, 6.07) is 17.9. The van der Waals surface area contributed by atoms with E-state index in [1.54, 1.807) is 35.0 Å². The SMILES string of the molecule is NS(=O)(=O)c1ccc(-c2c(-c3ccc(OC(F)F)cc3)nn3ccccc23)cc1. The number of hydrogen-bond donors (Lipinski definition) is 1. The maximum Gasteiger partial charge on any atom is 0.387 e. The number of pyridine rings is 1. The Balaban J connectivity index is 1.85. The van der Waals surface area contributed by atoms with Crippen molar-refractivity contribution in [2.45, 2.75) is 11.5 Å². The minimum absolute atomic E-state index is 0.00720. The fraction of sp³-hybridized carbons (Fsp3) is 0.0500. The van der Waals surface area contributed by atoms with Gasteiger partial charge in [0.2, 0.25) is 10.0 Å². The lowest BCUT2D eigenvalue weighted by molar-refractivity contribution is -0.0498. The van der Waals surface area contributed by atoms with Crippen LogP contribution in [0.3, 0.4) is 0 Å². The molecule has 0 fully saturated rings. The second-order valence-corrected chi connectivity index (χ2v) is 7.79. The van der Waals surface area contributed by atoms with E-state index in [1.807, 2.05) is 18.2 Å². The Kier molecular flexibility index (Phi) is 4.77. The molecule has 0 spiro atoms. The molecule has 0 aliphatic heterocycles. The average Bonchev–Trinajstić information content (AvgIpc) is 3.07. The van der Waals surface area contributed by atoms with Crippen molar-refractivity contribution < 1.29 is 21.9 Å². The molecule has 2 N–H and O–H groups in total. The van der Waals surface area contributed by atoms with Crippen LogP contribution in [0, 0.1) is 0 Å². The molecule has 148 valence electrons. The molecule has 6 nitrogen and oxygen atoms in total. The highest BCUT2D eigenvalue weighted by molar-refractivity contribution is 7.89. The number of hydrogen-bond acceptors (Lipinski definition) is 4. The van der Waals surface area contributed by atoms with Gasteiger partial charge < -0.3 is 4.74 Å². The lowest BCUT2D eigenvalue weighted by atomic mass is 10.00. The van der Waals surface area contributed by atoms with E-state index in [1.165, 1.54) is 24.3 Å². The Hall–Kier alpha value is -3.30. The number of nitrogens with zero attached hydrogens (tertiary/aromatic N) is 2. The standard InChI is InChI=1S/C20H15F2N3O3S/c21-20(22)28-15-8-4-14(5-9-15)19-18(17-3-1-2-12-25(17)24-19)13-6-10-16(11-7-13)29(23,26)27/h1-12,20H,(H2,23,26,27). The highest BCUT2D eigenvalue weighted by atomic mass is 32.2. The van der Waals surface area contributed by atoms with Gasteiger partial charge in [-0.05, 0) is 54.1 Å². The quantitative estimate of drug-likeness (QED) is 0.535. The van der Waals surface area contributed by atoms with Crippen LogP contribution in [0.4, 0.5) is 8.78 Å². The molecule has 2 aromatic carbocycles. The zero-order valence-electron chi connectivity index (χ0n) is 14.9. The maximum absolute atomic E-state index is 12.4. The normalized spacial score (nSPS) is 11.9. The van der Waals surface area contributed by atoms with Gasteiger partial charge in [0.15, 0.2) is 0 Å². The number of ether oxygens (including phenoxy) is 1. The van der Waals surface area contributed by atoms with Gasteiger partial charge in [-0.15, -0.1) is 0 Å². The van der Waals surface area contributed by atoms with Crippen LogP contribution < -0.4 is 9.88 Å². The summed E-state index contributed by atoms with van der Waals surface area (Å²) in [6.45, 7) is -2.90. The molecule has 2 aromatic heterocycles. The number of alkyl halides is 2. The Bertz CT molecular complexity index is 1270. The van der Waals surface area contributed by atoms with Crippen LogP contribution in [-0.4, -0.2) is 24.6 Å². The summed E-state index contributed by atoms with van der Waals surface area (Å²) in [5, 5.41) is 9.78. The molecule has 0 atom stereocenters. The van der Waals surface area contributed by atoms with Gasteiger partial charge in [-0.1, -0.05) is 18.2 Å². The highest BCUT2D eigenvalue weighted by Crippen LogP contribution is 2.36. The van der Waals surface area contributed by atoms with Gasteiger partial charge >= 0.3 is 6.61 Å². The average molecular weight is 415 g/mol. The molecule has 4 aromatic rings. The van der Waals surface area contributed by atoms with Gasteiger partial charge in [0.25, 0.3) is 0 Å². The first-order valence-corrected chi connectivity index (χ1v) is 10.0. The van der Waals surface area contributed by atoms with Crippen molar-refractivity contribution in [3.63, 3.8) is 0 Å². The van der Waals surface area contributed by atoms with Crippen molar-refractivity contribution in [3.05, 3.63) is 72.9 Å². The number of sulfonamides is 1. The first-order chi connectivity index (χ1) is 13.8. The molecular weight excluding hydrogens is 400 g/mol. The van der Waals surface area contributed by atoms with Crippen LogP contribution in [0.1, 0.15) is 0 Å². The fourth-order valence-electron chi connectivity index (χ4n) is 3.09. The number of benzene rings is 2. The molecule has 2 heterocycles. The van der Waals surface area contributed by atoms with Gasteiger partial charge in [-0.2, -0.15) is 13.9 Å². The summed E-state index contributed by atoms with van der Waals surface area (Å²) in [4.78, 5) is 0.00720. The van der Waals surface area contributed by atoms with E-state index < -0.39 is 16.6 Å². The molecule has 0 amide bonds. The molecule has 0 aliphatic rings. The maximum atomic E-state index is 12.4. The fourth-order valence-corrected chi connectivity index (χ4v) is 3.61. The largest absolute Gasteiger partial charge is 0.435 e. The summed E-state index contributed by atoms with van der Waals surface area (Å²) in [7, 11) is -3.80. The topological polar surface area (TPSA) is 86.7 Å². The van der Waals surface area contributed by atoms with E-state index in [4.69, 9.17) is 5.14 Å². The third-order valence-corrected chi connectivity index (χ3v) is 5.29. The molecule has 29 heavy (non-hydrogen) atoms. The van der Waals surface area contributed by atoms with E-state index in [9.17, 15) is 17.2 Å². The number of rotatable bonds is 5. The van der Waals surface area contributed by atoms with E-state index in [-0.39, 0.29) is 10.6 Å².